The average Bonchev–Trinajstić information content (AvgIpc) is 2.65. The fourth-order valence-corrected chi connectivity index (χ4v) is 3.30. The van der Waals surface area contributed by atoms with E-state index in [0.717, 1.165) is 4.47 Å². The number of hydrogen-bond acceptors (Lipinski definition) is 2. The van der Waals surface area contributed by atoms with E-state index >= 15 is 0 Å². The molecule has 1 aromatic rings. The summed E-state index contributed by atoms with van der Waals surface area (Å²) in [5.74, 6) is 0. The number of hydrogen-bond donors (Lipinski definition) is 2. The quantitative estimate of drug-likeness (QED) is 0.891. The Labute approximate surface area is 118 Å². The van der Waals surface area contributed by atoms with Gasteiger partial charge in [0.2, 0.25) is 0 Å². The summed E-state index contributed by atoms with van der Waals surface area (Å²) in [6, 6.07) is 9.30. The molecule has 18 heavy (non-hydrogen) atoms. The molecule has 1 aliphatic rings. The second kappa shape index (κ2) is 5.72. The Morgan fingerprint density at radius 2 is 2.28 bits per heavy atom. The van der Waals surface area contributed by atoms with Gasteiger partial charge in [-0.25, -0.2) is 0 Å². The van der Waals surface area contributed by atoms with Gasteiger partial charge in [-0.15, -0.1) is 0 Å². The zero-order valence-electron chi connectivity index (χ0n) is 11.2. The van der Waals surface area contributed by atoms with Gasteiger partial charge in [0.1, 0.15) is 0 Å². The van der Waals surface area contributed by atoms with Gasteiger partial charge in [-0.1, -0.05) is 41.9 Å². The first-order chi connectivity index (χ1) is 8.50. The van der Waals surface area contributed by atoms with Crippen molar-refractivity contribution in [3.05, 3.63) is 34.3 Å². The molecule has 1 aliphatic carbocycles. The van der Waals surface area contributed by atoms with E-state index in [0.29, 0.717) is 18.0 Å². The van der Waals surface area contributed by atoms with Gasteiger partial charge in [0.25, 0.3) is 0 Å². The Morgan fingerprint density at radius 3 is 2.83 bits per heavy atom. The van der Waals surface area contributed by atoms with E-state index in [1.54, 1.807) is 0 Å². The number of nitrogens with two attached hydrogens (primary N) is 1. The van der Waals surface area contributed by atoms with Crippen molar-refractivity contribution in [3.63, 3.8) is 0 Å². The van der Waals surface area contributed by atoms with Crippen molar-refractivity contribution in [1.29, 1.82) is 0 Å². The van der Waals surface area contributed by atoms with E-state index in [4.69, 9.17) is 5.73 Å². The summed E-state index contributed by atoms with van der Waals surface area (Å²) in [5, 5.41) is 3.72. The minimum Gasteiger partial charge on any atom is -0.329 e. The summed E-state index contributed by atoms with van der Waals surface area (Å²) in [6.45, 7) is 5.35. The molecule has 2 atom stereocenters. The molecule has 0 aliphatic heterocycles. The Kier molecular flexibility index (Phi) is 4.46. The summed E-state index contributed by atoms with van der Waals surface area (Å²) in [4.78, 5) is 0. The van der Waals surface area contributed by atoms with Gasteiger partial charge >= 0.3 is 0 Å². The molecule has 3 N–H and O–H groups in total. The molecule has 2 rings (SSSR count). The molecule has 1 fully saturated rings. The molecular weight excluding hydrogens is 288 g/mol. The third kappa shape index (κ3) is 3.56. The first-order valence-corrected chi connectivity index (χ1v) is 7.51. The highest BCUT2D eigenvalue weighted by atomic mass is 79.9. The van der Waals surface area contributed by atoms with E-state index in [1.165, 1.54) is 24.8 Å². The first kappa shape index (κ1) is 14.0. The largest absolute Gasteiger partial charge is 0.329 e. The third-order valence-electron chi connectivity index (χ3n) is 3.89. The molecule has 2 unspecified atom stereocenters. The highest BCUT2D eigenvalue weighted by molar-refractivity contribution is 9.10. The van der Waals surface area contributed by atoms with Gasteiger partial charge in [0.05, 0.1) is 0 Å². The van der Waals surface area contributed by atoms with E-state index in [2.05, 4.69) is 59.4 Å². The second-order valence-electron chi connectivity index (χ2n) is 6.11. The molecule has 3 heteroatoms. The number of nitrogens with one attached hydrogen (secondary N) is 1. The maximum absolute atomic E-state index is 5.92. The molecular formula is C15H23BrN2. The van der Waals surface area contributed by atoms with Crippen molar-refractivity contribution in [2.75, 3.05) is 6.54 Å². The molecule has 0 heterocycles. The lowest BCUT2D eigenvalue weighted by Gasteiger charge is -2.24. The van der Waals surface area contributed by atoms with Gasteiger partial charge in [-0.2, -0.15) is 0 Å². The lowest BCUT2D eigenvalue weighted by atomic mass is 9.91. The highest BCUT2D eigenvalue weighted by Gasteiger charge is 2.31. The van der Waals surface area contributed by atoms with Crippen molar-refractivity contribution in [3.8, 4) is 0 Å². The predicted molar refractivity (Wildman–Crippen MR) is 80.5 cm³/mol. The molecule has 0 bridgehead atoms. The van der Waals surface area contributed by atoms with Gasteiger partial charge in [0, 0.05) is 23.1 Å². The number of halogens is 1. The molecule has 2 nitrogen and oxygen atoms in total. The van der Waals surface area contributed by atoms with Crippen molar-refractivity contribution in [2.24, 2.45) is 11.1 Å². The fourth-order valence-electron chi connectivity index (χ4n) is 2.89. The molecule has 0 aromatic heterocycles. The fraction of sp³-hybridized carbons (Fsp3) is 0.600. The molecule has 0 amide bonds. The molecule has 0 saturated heterocycles. The van der Waals surface area contributed by atoms with E-state index < -0.39 is 0 Å². The second-order valence-corrected chi connectivity index (χ2v) is 7.03. The molecule has 0 spiro atoms. The van der Waals surface area contributed by atoms with Crippen LogP contribution in [0.15, 0.2) is 28.7 Å². The van der Waals surface area contributed by atoms with Crippen LogP contribution in [0.25, 0.3) is 0 Å². The zero-order valence-corrected chi connectivity index (χ0v) is 12.8. The Hall–Kier alpha value is -0.380. The Bertz CT molecular complexity index is 403. The summed E-state index contributed by atoms with van der Waals surface area (Å²) in [6.07, 6.45) is 3.81. The van der Waals surface area contributed by atoms with Crippen LogP contribution in [0, 0.1) is 5.41 Å². The van der Waals surface area contributed by atoms with Crippen LogP contribution in [-0.2, 0) is 0 Å². The first-order valence-electron chi connectivity index (χ1n) is 6.72. The van der Waals surface area contributed by atoms with Gasteiger partial charge in [0.15, 0.2) is 0 Å². The van der Waals surface area contributed by atoms with Crippen molar-refractivity contribution >= 4 is 15.9 Å². The number of benzene rings is 1. The minimum absolute atomic E-state index is 0.265. The highest BCUT2D eigenvalue weighted by Crippen LogP contribution is 2.37. The SMILES string of the molecule is CC1(C)CCC(NC(CN)c2cccc(Br)c2)C1. The predicted octanol–water partition coefficient (Wildman–Crippen LogP) is 3.62. The van der Waals surface area contributed by atoms with E-state index in [-0.39, 0.29) is 6.04 Å². The van der Waals surface area contributed by atoms with Crippen LogP contribution in [-0.4, -0.2) is 12.6 Å². The number of rotatable bonds is 4. The van der Waals surface area contributed by atoms with Crippen LogP contribution in [0.3, 0.4) is 0 Å². The topological polar surface area (TPSA) is 38.0 Å². The van der Waals surface area contributed by atoms with Gasteiger partial charge in [-0.05, 0) is 42.4 Å². The lowest BCUT2D eigenvalue weighted by molar-refractivity contribution is 0.353. The normalized spacial score (nSPS) is 24.1. The molecule has 1 aromatic carbocycles. The Balaban J connectivity index is 2.02. The maximum Gasteiger partial charge on any atom is 0.0447 e. The van der Waals surface area contributed by atoms with Crippen LogP contribution >= 0.6 is 15.9 Å². The summed E-state index contributed by atoms with van der Waals surface area (Å²) in [5.41, 5.74) is 7.68. The van der Waals surface area contributed by atoms with Crippen LogP contribution < -0.4 is 11.1 Å². The zero-order chi connectivity index (χ0) is 13.2. The summed E-state index contributed by atoms with van der Waals surface area (Å²) >= 11 is 3.52. The van der Waals surface area contributed by atoms with E-state index in [1.807, 2.05) is 0 Å². The average molecular weight is 311 g/mol. The van der Waals surface area contributed by atoms with Crippen LogP contribution in [0.4, 0.5) is 0 Å². The van der Waals surface area contributed by atoms with Crippen molar-refractivity contribution < 1.29 is 0 Å². The summed E-state index contributed by atoms with van der Waals surface area (Å²) in [7, 11) is 0. The van der Waals surface area contributed by atoms with Crippen LogP contribution in [0.2, 0.25) is 0 Å². The monoisotopic (exact) mass is 310 g/mol. The van der Waals surface area contributed by atoms with Crippen molar-refractivity contribution in [2.45, 2.75) is 45.2 Å². The standard InChI is InChI=1S/C15H23BrN2/c1-15(2)7-6-13(9-15)18-14(10-17)11-4-3-5-12(16)8-11/h3-5,8,13-14,18H,6-7,9-10,17H2,1-2H3. The van der Waals surface area contributed by atoms with Crippen molar-refractivity contribution in [1.82, 2.24) is 5.32 Å². The smallest absolute Gasteiger partial charge is 0.0447 e. The van der Waals surface area contributed by atoms with E-state index in [9.17, 15) is 0 Å². The minimum atomic E-state index is 0.265. The molecule has 0 radical (unpaired) electrons. The van der Waals surface area contributed by atoms with Gasteiger partial charge in [-0.3, -0.25) is 0 Å². The third-order valence-corrected chi connectivity index (χ3v) is 4.39. The Morgan fingerprint density at radius 1 is 1.50 bits per heavy atom. The maximum atomic E-state index is 5.92. The lowest BCUT2D eigenvalue weighted by Crippen LogP contribution is -2.35. The molecule has 1 saturated carbocycles. The summed E-state index contributed by atoms with van der Waals surface area (Å²) < 4.78 is 1.12. The van der Waals surface area contributed by atoms with Crippen LogP contribution in [0.5, 0.6) is 0 Å². The van der Waals surface area contributed by atoms with Crippen LogP contribution in [0.1, 0.15) is 44.7 Å². The molecule has 100 valence electrons. The van der Waals surface area contributed by atoms with Gasteiger partial charge < -0.3 is 11.1 Å².